The number of hydrogen-bond acceptors (Lipinski definition) is 6. The molecule has 0 saturated heterocycles. The molecule has 90 valence electrons. The molecular weight excluding hydrogens is 226 g/mol. The molecule has 0 spiro atoms. The lowest BCUT2D eigenvalue weighted by Crippen LogP contribution is -2.28. The minimum absolute atomic E-state index is 0.0744. The number of H-pyrrole nitrogens is 1. The number of rotatable bonds is 3. The van der Waals surface area contributed by atoms with Crippen LogP contribution in [0, 0.1) is 0 Å². The van der Waals surface area contributed by atoms with Crippen molar-refractivity contribution in [2.75, 3.05) is 6.54 Å². The van der Waals surface area contributed by atoms with Gasteiger partial charge in [-0.3, -0.25) is 9.78 Å². The van der Waals surface area contributed by atoms with E-state index in [4.69, 9.17) is 10.3 Å². The van der Waals surface area contributed by atoms with E-state index in [1.807, 2.05) is 0 Å². The van der Waals surface area contributed by atoms with Crippen LogP contribution in [0.25, 0.3) is 11.5 Å². The maximum atomic E-state index is 11.5. The lowest BCUT2D eigenvalue weighted by molar-refractivity contribution is 0.421. The Labute approximate surface area is 95.1 Å². The zero-order valence-electron chi connectivity index (χ0n) is 9.14. The molecule has 2 rings (SSSR count). The van der Waals surface area contributed by atoms with Crippen molar-refractivity contribution >= 4 is 0 Å². The first-order valence-corrected chi connectivity index (χ1v) is 4.95. The Morgan fingerprint density at radius 1 is 1.53 bits per heavy atom. The van der Waals surface area contributed by atoms with Crippen molar-refractivity contribution in [2.24, 2.45) is 12.8 Å². The zero-order valence-corrected chi connectivity index (χ0v) is 9.14. The average molecular weight is 237 g/mol. The first-order valence-electron chi connectivity index (χ1n) is 4.95. The van der Waals surface area contributed by atoms with Crippen LogP contribution in [0.5, 0.6) is 0 Å². The zero-order chi connectivity index (χ0) is 12.4. The Kier molecular flexibility index (Phi) is 2.88. The van der Waals surface area contributed by atoms with Crippen molar-refractivity contribution in [3.05, 3.63) is 32.9 Å². The van der Waals surface area contributed by atoms with Crippen LogP contribution < -0.4 is 17.0 Å². The molecule has 0 amide bonds. The standard InChI is InChI=1S/C9H11N5O3/c1-14-4-5(7(15)12-9(14)16)8-11-6(2-3-10)13-17-8/h4H,2-3,10H2,1H3,(H,12,15,16). The number of nitrogens with two attached hydrogens (primary N) is 1. The van der Waals surface area contributed by atoms with Crippen LogP contribution >= 0.6 is 0 Å². The number of nitrogens with one attached hydrogen (secondary N) is 1. The second kappa shape index (κ2) is 4.34. The summed E-state index contributed by atoms with van der Waals surface area (Å²) >= 11 is 0. The predicted molar refractivity (Wildman–Crippen MR) is 58.4 cm³/mol. The van der Waals surface area contributed by atoms with E-state index in [-0.39, 0.29) is 11.5 Å². The topological polar surface area (TPSA) is 120 Å². The Morgan fingerprint density at radius 2 is 2.29 bits per heavy atom. The molecule has 0 aromatic carbocycles. The molecule has 0 aliphatic rings. The highest BCUT2D eigenvalue weighted by molar-refractivity contribution is 5.48. The van der Waals surface area contributed by atoms with E-state index in [1.54, 1.807) is 0 Å². The van der Waals surface area contributed by atoms with Gasteiger partial charge in [-0.25, -0.2) is 4.79 Å². The van der Waals surface area contributed by atoms with Crippen LogP contribution in [0.2, 0.25) is 0 Å². The number of aromatic amines is 1. The lowest BCUT2D eigenvalue weighted by Gasteiger charge is -1.97. The number of nitrogens with zero attached hydrogens (tertiary/aromatic N) is 3. The van der Waals surface area contributed by atoms with Gasteiger partial charge in [-0.2, -0.15) is 4.98 Å². The van der Waals surface area contributed by atoms with Gasteiger partial charge in [0.1, 0.15) is 5.56 Å². The highest BCUT2D eigenvalue weighted by Gasteiger charge is 2.13. The molecule has 2 aromatic heterocycles. The Bertz CT molecular complexity index is 639. The van der Waals surface area contributed by atoms with E-state index in [0.29, 0.717) is 18.8 Å². The van der Waals surface area contributed by atoms with E-state index >= 15 is 0 Å². The van der Waals surface area contributed by atoms with Crippen LogP contribution in [0.1, 0.15) is 5.82 Å². The van der Waals surface area contributed by atoms with E-state index < -0.39 is 11.2 Å². The summed E-state index contributed by atoms with van der Waals surface area (Å²) in [6, 6.07) is 0. The van der Waals surface area contributed by atoms with Crippen LogP contribution in [-0.4, -0.2) is 26.2 Å². The fourth-order valence-electron chi connectivity index (χ4n) is 1.31. The summed E-state index contributed by atoms with van der Waals surface area (Å²) in [5.74, 6) is 0.501. The molecule has 0 bridgehead atoms. The number of hydrogen-bond donors (Lipinski definition) is 2. The maximum Gasteiger partial charge on any atom is 0.328 e. The molecule has 0 aliphatic heterocycles. The second-order valence-corrected chi connectivity index (χ2v) is 3.47. The van der Waals surface area contributed by atoms with E-state index in [0.717, 1.165) is 0 Å². The van der Waals surface area contributed by atoms with Crippen molar-refractivity contribution in [3.63, 3.8) is 0 Å². The summed E-state index contributed by atoms with van der Waals surface area (Å²) in [7, 11) is 1.51. The third kappa shape index (κ3) is 2.16. The molecule has 8 heteroatoms. The van der Waals surface area contributed by atoms with Gasteiger partial charge in [0.25, 0.3) is 11.4 Å². The Hall–Kier alpha value is -2.22. The van der Waals surface area contributed by atoms with Crippen molar-refractivity contribution in [3.8, 4) is 11.5 Å². The first-order chi connectivity index (χ1) is 8.11. The van der Waals surface area contributed by atoms with Gasteiger partial charge in [-0.05, 0) is 6.54 Å². The largest absolute Gasteiger partial charge is 0.334 e. The third-order valence-electron chi connectivity index (χ3n) is 2.17. The van der Waals surface area contributed by atoms with Gasteiger partial charge in [0.15, 0.2) is 5.82 Å². The smallest absolute Gasteiger partial charge is 0.328 e. The van der Waals surface area contributed by atoms with Gasteiger partial charge in [-0.15, -0.1) is 0 Å². The lowest BCUT2D eigenvalue weighted by atomic mass is 10.3. The van der Waals surface area contributed by atoms with E-state index in [9.17, 15) is 9.59 Å². The van der Waals surface area contributed by atoms with Crippen LogP contribution in [0.15, 0.2) is 20.3 Å². The van der Waals surface area contributed by atoms with Gasteiger partial charge in [0.05, 0.1) is 0 Å². The van der Waals surface area contributed by atoms with Gasteiger partial charge >= 0.3 is 5.69 Å². The highest BCUT2D eigenvalue weighted by Crippen LogP contribution is 2.10. The van der Waals surface area contributed by atoms with Crippen LogP contribution in [0.3, 0.4) is 0 Å². The number of aromatic nitrogens is 4. The minimum Gasteiger partial charge on any atom is -0.334 e. The van der Waals surface area contributed by atoms with Crippen molar-refractivity contribution in [2.45, 2.75) is 6.42 Å². The average Bonchev–Trinajstić information content (AvgIpc) is 2.72. The molecule has 8 nitrogen and oxygen atoms in total. The van der Waals surface area contributed by atoms with E-state index in [2.05, 4.69) is 15.1 Å². The molecular formula is C9H11N5O3. The molecule has 0 saturated carbocycles. The van der Waals surface area contributed by atoms with Crippen LogP contribution in [-0.2, 0) is 13.5 Å². The Morgan fingerprint density at radius 3 is 3.00 bits per heavy atom. The highest BCUT2D eigenvalue weighted by atomic mass is 16.5. The molecule has 0 atom stereocenters. The molecule has 17 heavy (non-hydrogen) atoms. The number of aryl methyl sites for hydroxylation is 1. The Balaban J connectivity index is 2.49. The molecule has 2 heterocycles. The normalized spacial score (nSPS) is 10.7. The molecule has 0 radical (unpaired) electrons. The van der Waals surface area contributed by atoms with Crippen molar-refractivity contribution in [1.82, 2.24) is 19.7 Å². The summed E-state index contributed by atoms with van der Waals surface area (Å²) in [5.41, 5.74) is 4.44. The van der Waals surface area contributed by atoms with Crippen molar-refractivity contribution in [1.29, 1.82) is 0 Å². The maximum absolute atomic E-state index is 11.5. The SMILES string of the molecule is Cn1cc(-c2nc(CCN)no2)c(=O)[nH]c1=O. The summed E-state index contributed by atoms with van der Waals surface area (Å²) < 4.78 is 6.15. The predicted octanol–water partition coefficient (Wildman–Crippen LogP) is -1.38. The van der Waals surface area contributed by atoms with Gasteiger partial charge in [-0.1, -0.05) is 5.16 Å². The molecule has 0 aliphatic carbocycles. The monoisotopic (exact) mass is 237 g/mol. The van der Waals surface area contributed by atoms with Gasteiger partial charge in [0, 0.05) is 19.7 Å². The second-order valence-electron chi connectivity index (χ2n) is 3.47. The van der Waals surface area contributed by atoms with Crippen LogP contribution in [0.4, 0.5) is 0 Å². The molecule has 0 fully saturated rings. The fraction of sp³-hybridized carbons (Fsp3) is 0.333. The summed E-state index contributed by atoms with van der Waals surface area (Å²) in [6.45, 7) is 0.391. The molecule has 0 unspecified atom stereocenters. The van der Waals surface area contributed by atoms with Gasteiger partial charge in [0.2, 0.25) is 0 Å². The summed E-state index contributed by atoms with van der Waals surface area (Å²) in [4.78, 5) is 28.8. The molecule has 2 aromatic rings. The fourth-order valence-corrected chi connectivity index (χ4v) is 1.31. The third-order valence-corrected chi connectivity index (χ3v) is 2.17. The molecule has 3 N–H and O–H groups in total. The van der Waals surface area contributed by atoms with E-state index in [1.165, 1.54) is 17.8 Å². The summed E-state index contributed by atoms with van der Waals surface area (Å²) in [6.07, 6.45) is 1.81. The summed E-state index contributed by atoms with van der Waals surface area (Å²) in [5, 5.41) is 3.67. The first kappa shape index (κ1) is 11.3. The minimum atomic E-state index is -0.559. The van der Waals surface area contributed by atoms with Crippen molar-refractivity contribution < 1.29 is 4.52 Å². The quantitative estimate of drug-likeness (QED) is 0.679. The van der Waals surface area contributed by atoms with Gasteiger partial charge < -0.3 is 14.8 Å².